The number of halogens is 3. The molecule has 0 heterocycles. The minimum Gasteiger partial charge on any atom is -0.336 e. The van der Waals surface area contributed by atoms with Crippen LogP contribution in [0.15, 0.2) is 42.5 Å². The first kappa shape index (κ1) is 18.2. The summed E-state index contributed by atoms with van der Waals surface area (Å²) in [6, 6.07) is 10.4. The van der Waals surface area contributed by atoms with Gasteiger partial charge in [-0.2, -0.15) is 0 Å². The maximum Gasteiger partial charge on any atom is 0.243 e. The van der Waals surface area contributed by atoms with E-state index in [0.717, 1.165) is 0 Å². The van der Waals surface area contributed by atoms with E-state index >= 15 is 0 Å². The highest BCUT2D eigenvalue weighted by atomic mass is 35.5. The van der Waals surface area contributed by atoms with Gasteiger partial charge in [-0.05, 0) is 35.9 Å². The van der Waals surface area contributed by atoms with Crippen LogP contribution < -0.4 is 5.32 Å². The third kappa shape index (κ3) is 5.22. The lowest BCUT2D eigenvalue weighted by Gasteiger charge is -2.17. The van der Waals surface area contributed by atoms with Crippen LogP contribution in [-0.4, -0.2) is 30.3 Å². The van der Waals surface area contributed by atoms with Gasteiger partial charge in [-0.3, -0.25) is 9.59 Å². The van der Waals surface area contributed by atoms with Gasteiger partial charge < -0.3 is 10.2 Å². The van der Waals surface area contributed by atoms with Gasteiger partial charge in [0.1, 0.15) is 5.82 Å². The van der Waals surface area contributed by atoms with Gasteiger partial charge in [0.15, 0.2) is 0 Å². The minimum absolute atomic E-state index is 0.0941. The zero-order valence-electron chi connectivity index (χ0n) is 12.9. The van der Waals surface area contributed by atoms with Crippen molar-refractivity contribution in [3.05, 3.63) is 63.9 Å². The van der Waals surface area contributed by atoms with Gasteiger partial charge in [-0.1, -0.05) is 35.3 Å². The molecule has 0 aliphatic rings. The van der Waals surface area contributed by atoms with E-state index < -0.39 is 0 Å². The number of carbonyl (C=O) groups excluding carboxylic acids is 2. The molecule has 24 heavy (non-hydrogen) atoms. The van der Waals surface area contributed by atoms with E-state index in [2.05, 4.69) is 5.32 Å². The van der Waals surface area contributed by atoms with Crippen molar-refractivity contribution in [2.75, 3.05) is 18.9 Å². The van der Waals surface area contributed by atoms with E-state index in [0.29, 0.717) is 21.3 Å². The summed E-state index contributed by atoms with van der Waals surface area (Å²) in [7, 11) is 1.53. The number of nitrogens with zero attached hydrogens (tertiary/aromatic N) is 1. The summed E-state index contributed by atoms with van der Waals surface area (Å²) in [4.78, 5) is 25.4. The maximum atomic E-state index is 12.8. The molecule has 2 amide bonds. The Hall–Kier alpha value is -2.11. The Kier molecular flexibility index (Phi) is 6.17. The smallest absolute Gasteiger partial charge is 0.243 e. The molecule has 0 saturated carbocycles. The number of likely N-dealkylation sites (N-methyl/N-ethyl adjacent to an activating group) is 1. The Morgan fingerprint density at radius 3 is 2.38 bits per heavy atom. The van der Waals surface area contributed by atoms with Crippen molar-refractivity contribution < 1.29 is 14.0 Å². The molecule has 1 N–H and O–H groups in total. The van der Waals surface area contributed by atoms with Crippen molar-refractivity contribution in [1.29, 1.82) is 0 Å². The van der Waals surface area contributed by atoms with Gasteiger partial charge in [0, 0.05) is 12.7 Å². The number of nitrogens with one attached hydrogen (secondary N) is 1. The summed E-state index contributed by atoms with van der Waals surface area (Å²) in [6.07, 6.45) is 0.0941. The van der Waals surface area contributed by atoms with Crippen LogP contribution in [-0.2, 0) is 16.0 Å². The number of benzene rings is 2. The molecule has 0 fully saturated rings. The molecule has 2 aromatic rings. The molecule has 2 rings (SSSR count). The summed E-state index contributed by atoms with van der Waals surface area (Å²) in [5, 5.41) is 3.36. The number of rotatable bonds is 5. The van der Waals surface area contributed by atoms with Crippen LogP contribution >= 0.6 is 23.2 Å². The highest BCUT2D eigenvalue weighted by Gasteiger charge is 2.14. The lowest BCUT2D eigenvalue weighted by atomic mass is 10.1. The number of hydrogen-bond donors (Lipinski definition) is 1. The average molecular weight is 369 g/mol. The standard InChI is InChI=1S/C17H15Cl2FN2O2/c1-22(17(24)8-11-2-4-12(20)5-3-11)10-16(23)21-13-6-7-14(18)15(19)9-13/h2-7,9H,8,10H2,1H3,(H,21,23). The van der Waals surface area contributed by atoms with Crippen molar-refractivity contribution in [3.63, 3.8) is 0 Å². The van der Waals surface area contributed by atoms with Gasteiger partial charge in [0.05, 0.1) is 23.0 Å². The molecule has 0 saturated heterocycles. The molecule has 4 nitrogen and oxygen atoms in total. The van der Waals surface area contributed by atoms with Gasteiger partial charge in [0.25, 0.3) is 0 Å². The van der Waals surface area contributed by atoms with Crippen LogP contribution in [0.3, 0.4) is 0 Å². The van der Waals surface area contributed by atoms with Crippen molar-refractivity contribution in [2.24, 2.45) is 0 Å². The molecule has 0 atom stereocenters. The normalized spacial score (nSPS) is 10.3. The fraction of sp³-hybridized carbons (Fsp3) is 0.176. The topological polar surface area (TPSA) is 49.4 Å². The summed E-state index contributed by atoms with van der Waals surface area (Å²) < 4.78 is 12.8. The van der Waals surface area contributed by atoms with Gasteiger partial charge in [0.2, 0.25) is 11.8 Å². The lowest BCUT2D eigenvalue weighted by Crippen LogP contribution is -2.35. The Morgan fingerprint density at radius 1 is 1.08 bits per heavy atom. The summed E-state index contributed by atoms with van der Waals surface area (Å²) in [5.74, 6) is -0.963. The molecule has 0 aliphatic heterocycles. The quantitative estimate of drug-likeness (QED) is 0.872. The molecule has 0 aromatic heterocycles. The van der Waals surface area contributed by atoms with E-state index in [9.17, 15) is 14.0 Å². The Bertz CT molecular complexity index is 751. The van der Waals surface area contributed by atoms with E-state index in [-0.39, 0.29) is 30.6 Å². The van der Waals surface area contributed by atoms with E-state index in [4.69, 9.17) is 23.2 Å². The van der Waals surface area contributed by atoms with Gasteiger partial charge >= 0.3 is 0 Å². The third-order valence-electron chi connectivity index (χ3n) is 3.28. The lowest BCUT2D eigenvalue weighted by molar-refractivity contribution is -0.132. The Balaban J connectivity index is 1.89. The highest BCUT2D eigenvalue weighted by molar-refractivity contribution is 6.42. The minimum atomic E-state index is -0.361. The third-order valence-corrected chi connectivity index (χ3v) is 4.02. The average Bonchev–Trinajstić information content (AvgIpc) is 2.53. The van der Waals surface area contributed by atoms with Crippen LogP contribution in [0.5, 0.6) is 0 Å². The van der Waals surface area contributed by atoms with E-state index in [1.165, 1.54) is 42.3 Å². The summed E-state index contributed by atoms with van der Waals surface area (Å²) in [6.45, 7) is -0.111. The van der Waals surface area contributed by atoms with E-state index in [1.54, 1.807) is 12.1 Å². The first-order valence-corrected chi connectivity index (χ1v) is 7.84. The fourth-order valence-electron chi connectivity index (χ4n) is 1.99. The van der Waals surface area contributed by atoms with Crippen LogP contribution in [0.25, 0.3) is 0 Å². The van der Waals surface area contributed by atoms with Gasteiger partial charge in [-0.15, -0.1) is 0 Å². The summed E-state index contributed by atoms with van der Waals surface area (Å²) in [5.41, 5.74) is 1.17. The van der Waals surface area contributed by atoms with E-state index in [1.807, 2.05) is 0 Å². The Morgan fingerprint density at radius 2 is 1.75 bits per heavy atom. The SMILES string of the molecule is CN(CC(=O)Nc1ccc(Cl)c(Cl)c1)C(=O)Cc1ccc(F)cc1. The van der Waals surface area contributed by atoms with Crippen molar-refractivity contribution in [3.8, 4) is 0 Å². The zero-order valence-corrected chi connectivity index (χ0v) is 14.4. The second-order valence-corrected chi connectivity index (χ2v) is 6.04. The molecule has 7 heteroatoms. The molecule has 126 valence electrons. The molecular weight excluding hydrogens is 354 g/mol. The molecule has 2 aromatic carbocycles. The molecule has 0 unspecified atom stereocenters. The Labute approximate surface area is 149 Å². The van der Waals surface area contributed by atoms with Crippen LogP contribution in [0.4, 0.5) is 10.1 Å². The second-order valence-electron chi connectivity index (χ2n) is 5.23. The molecule has 0 radical (unpaired) electrons. The number of hydrogen-bond acceptors (Lipinski definition) is 2. The first-order chi connectivity index (χ1) is 11.3. The largest absolute Gasteiger partial charge is 0.336 e. The molecular formula is C17H15Cl2FN2O2. The van der Waals surface area contributed by atoms with Crippen LogP contribution in [0.2, 0.25) is 10.0 Å². The molecule has 0 aliphatic carbocycles. The van der Waals surface area contributed by atoms with Crippen molar-refractivity contribution in [1.82, 2.24) is 4.90 Å². The first-order valence-electron chi connectivity index (χ1n) is 7.08. The maximum absolute atomic E-state index is 12.8. The highest BCUT2D eigenvalue weighted by Crippen LogP contribution is 2.24. The zero-order chi connectivity index (χ0) is 17.7. The van der Waals surface area contributed by atoms with Crippen LogP contribution in [0, 0.1) is 5.82 Å². The van der Waals surface area contributed by atoms with Gasteiger partial charge in [-0.25, -0.2) is 4.39 Å². The van der Waals surface area contributed by atoms with Crippen molar-refractivity contribution in [2.45, 2.75) is 6.42 Å². The predicted molar refractivity (Wildman–Crippen MR) is 92.8 cm³/mol. The number of carbonyl (C=O) groups is 2. The monoisotopic (exact) mass is 368 g/mol. The van der Waals surface area contributed by atoms with Crippen molar-refractivity contribution >= 4 is 40.7 Å². The predicted octanol–water partition coefficient (Wildman–Crippen LogP) is 3.77. The van der Waals surface area contributed by atoms with Crippen LogP contribution in [0.1, 0.15) is 5.56 Å². The number of amides is 2. The molecule has 0 bridgehead atoms. The summed E-state index contributed by atoms with van der Waals surface area (Å²) >= 11 is 11.7. The second kappa shape index (κ2) is 8.13. The number of anilines is 1. The fourth-order valence-corrected chi connectivity index (χ4v) is 2.29. The molecule has 0 spiro atoms.